The van der Waals surface area contributed by atoms with Gasteiger partial charge in [0.1, 0.15) is 17.2 Å². The number of hydrogen-bond acceptors (Lipinski definition) is 6. The molecule has 9 nitrogen and oxygen atoms in total. The Morgan fingerprint density at radius 3 is 2.45 bits per heavy atom. The van der Waals surface area contributed by atoms with Gasteiger partial charge in [-0.05, 0) is 85.5 Å². The van der Waals surface area contributed by atoms with Crippen molar-refractivity contribution >= 4 is 22.9 Å². The summed E-state index contributed by atoms with van der Waals surface area (Å²) in [4.78, 5) is 26.0. The number of fused-ring (bicyclic) bond motifs is 1. The van der Waals surface area contributed by atoms with Crippen molar-refractivity contribution in [1.29, 1.82) is 5.26 Å². The van der Waals surface area contributed by atoms with Gasteiger partial charge in [0.2, 0.25) is 0 Å². The lowest BCUT2D eigenvalue weighted by Crippen LogP contribution is -2.48. The molecule has 0 bridgehead atoms. The number of nitrogen functional groups attached to an aromatic ring is 1. The zero-order chi connectivity index (χ0) is 28.8. The van der Waals surface area contributed by atoms with Crippen LogP contribution in [-0.2, 0) is 0 Å². The molecular weight excluding hydrogens is 531 g/mol. The number of carbonyl (C=O) groups excluding carboxylic acids is 1. The van der Waals surface area contributed by atoms with Crippen molar-refractivity contribution in [1.82, 2.24) is 29.7 Å². The number of likely N-dealkylation sites (tertiary alicyclic amines) is 2. The van der Waals surface area contributed by atoms with E-state index in [0.717, 1.165) is 49.9 Å². The summed E-state index contributed by atoms with van der Waals surface area (Å²) in [6.07, 6.45) is 8.29. The Balaban J connectivity index is 1.15. The zero-order valence-electron chi connectivity index (χ0n) is 23.3. The van der Waals surface area contributed by atoms with E-state index in [4.69, 9.17) is 16.0 Å². The molecule has 0 spiro atoms. The molecule has 3 N–H and O–H groups in total. The first-order chi connectivity index (χ1) is 20.5. The highest BCUT2D eigenvalue weighted by Crippen LogP contribution is 2.42. The number of carbonyl (C=O) groups is 1. The molecule has 7 rings (SSSR count). The van der Waals surface area contributed by atoms with Crippen molar-refractivity contribution in [2.24, 2.45) is 0 Å². The third-order valence-electron chi connectivity index (χ3n) is 8.98. The first kappa shape index (κ1) is 26.3. The summed E-state index contributed by atoms with van der Waals surface area (Å²) in [6, 6.07) is 15.9. The van der Waals surface area contributed by atoms with E-state index in [9.17, 15) is 4.79 Å². The lowest BCUT2D eigenvalue weighted by atomic mass is 9.98. The number of anilines is 1. The van der Waals surface area contributed by atoms with Crippen LogP contribution >= 0.6 is 0 Å². The standard InChI is InChI=1S/C32H33FN8O/c33-27-16-23(21-3-4-21)17-28-29(27)38-31(26-2-1-12-36-30(26)35)41(28)25-7-5-20(6-8-25)22-9-13-40(18-22)32(42)39-14-10-24(11-15-39)37-19-34/h1-2,5-8,12,16-17,21-22,24,37H,3-4,9-11,13-15,18H2,(H2,35,36)/t22-/m1/s1. The molecule has 1 saturated carbocycles. The van der Waals surface area contributed by atoms with Crippen molar-refractivity contribution in [2.45, 2.75) is 50.0 Å². The van der Waals surface area contributed by atoms with E-state index in [-0.39, 0.29) is 23.8 Å². The van der Waals surface area contributed by atoms with E-state index in [1.807, 2.05) is 44.8 Å². The summed E-state index contributed by atoms with van der Waals surface area (Å²) < 4.78 is 17.3. The second kappa shape index (κ2) is 10.6. The summed E-state index contributed by atoms with van der Waals surface area (Å²) in [7, 11) is 0. The smallest absolute Gasteiger partial charge is 0.320 e. The molecule has 4 aromatic rings. The minimum Gasteiger partial charge on any atom is -0.383 e. The van der Waals surface area contributed by atoms with E-state index in [0.29, 0.717) is 53.8 Å². The van der Waals surface area contributed by atoms with Gasteiger partial charge in [-0.3, -0.25) is 4.57 Å². The van der Waals surface area contributed by atoms with Crippen LogP contribution in [0.25, 0.3) is 28.1 Å². The highest BCUT2D eigenvalue weighted by Gasteiger charge is 2.32. The molecule has 214 valence electrons. The van der Waals surface area contributed by atoms with Crippen molar-refractivity contribution in [3.05, 3.63) is 71.7 Å². The molecule has 0 radical (unpaired) electrons. The van der Waals surface area contributed by atoms with Crippen LogP contribution < -0.4 is 11.1 Å². The highest BCUT2D eigenvalue weighted by molar-refractivity contribution is 5.86. The zero-order valence-corrected chi connectivity index (χ0v) is 23.3. The number of rotatable bonds is 5. The van der Waals surface area contributed by atoms with Gasteiger partial charge in [0, 0.05) is 50.0 Å². The largest absolute Gasteiger partial charge is 0.383 e. The maximum atomic E-state index is 15.3. The number of halogens is 1. The number of nitrogens with one attached hydrogen (secondary N) is 1. The van der Waals surface area contributed by atoms with Crippen LogP contribution in [0.3, 0.4) is 0 Å². The number of amides is 2. The predicted octanol–water partition coefficient (Wildman–Crippen LogP) is 5.13. The maximum Gasteiger partial charge on any atom is 0.320 e. The summed E-state index contributed by atoms with van der Waals surface area (Å²) >= 11 is 0. The first-order valence-electron chi connectivity index (χ1n) is 14.7. The Labute approximate surface area is 243 Å². The molecule has 4 heterocycles. The molecule has 1 aliphatic carbocycles. The van der Waals surface area contributed by atoms with E-state index in [1.165, 1.54) is 5.56 Å². The molecular formula is C32H33FN8O. The quantitative estimate of drug-likeness (QED) is 0.256. The molecule has 3 aliphatic rings. The van der Waals surface area contributed by atoms with Crippen LogP contribution in [0, 0.1) is 17.3 Å². The van der Waals surface area contributed by atoms with Crippen LogP contribution in [0.4, 0.5) is 15.0 Å². The molecule has 1 atom stereocenters. The molecule has 2 aromatic carbocycles. The summed E-state index contributed by atoms with van der Waals surface area (Å²) in [5, 5.41) is 11.7. The van der Waals surface area contributed by atoms with Crippen molar-refractivity contribution in [3.63, 3.8) is 0 Å². The van der Waals surface area contributed by atoms with Gasteiger partial charge >= 0.3 is 6.03 Å². The van der Waals surface area contributed by atoms with Gasteiger partial charge in [-0.25, -0.2) is 19.2 Å². The van der Waals surface area contributed by atoms with E-state index >= 15 is 4.39 Å². The summed E-state index contributed by atoms with van der Waals surface area (Å²) in [5.74, 6) is 1.22. The van der Waals surface area contributed by atoms with Gasteiger partial charge < -0.3 is 20.9 Å². The third kappa shape index (κ3) is 4.79. The molecule has 2 aromatic heterocycles. The molecule has 0 unspecified atom stereocenters. The fraction of sp³-hybridized carbons (Fsp3) is 0.375. The van der Waals surface area contributed by atoms with E-state index < -0.39 is 0 Å². The Hall–Kier alpha value is -4.65. The average Bonchev–Trinajstić information content (AvgIpc) is 3.62. The van der Waals surface area contributed by atoms with Crippen molar-refractivity contribution in [3.8, 4) is 23.3 Å². The maximum absolute atomic E-state index is 15.3. The number of piperidine rings is 1. The van der Waals surface area contributed by atoms with Crippen LogP contribution in [0.2, 0.25) is 0 Å². The number of nitriles is 1. The van der Waals surface area contributed by atoms with Crippen molar-refractivity contribution in [2.75, 3.05) is 31.9 Å². The molecule has 42 heavy (non-hydrogen) atoms. The van der Waals surface area contributed by atoms with Crippen LogP contribution in [0.15, 0.2) is 54.7 Å². The van der Waals surface area contributed by atoms with Gasteiger partial charge in [-0.15, -0.1) is 0 Å². The number of nitrogens with zero attached hydrogens (tertiary/aromatic N) is 6. The van der Waals surface area contributed by atoms with Gasteiger partial charge in [0.15, 0.2) is 12.0 Å². The Morgan fingerprint density at radius 1 is 0.976 bits per heavy atom. The Kier molecular flexibility index (Phi) is 6.65. The highest BCUT2D eigenvalue weighted by atomic mass is 19.1. The topological polar surface area (TPSA) is 116 Å². The normalized spacial score (nSPS) is 19.3. The SMILES string of the molecule is N#CNC1CCN(C(=O)N2CC[C@@H](c3ccc(-n4c(-c5cccnc5N)nc5c(F)cc(C6CC6)cc54)cc3)C2)CC1. The van der Waals surface area contributed by atoms with E-state index in [2.05, 4.69) is 28.5 Å². The fourth-order valence-corrected chi connectivity index (χ4v) is 6.47. The van der Waals surface area contributed by atoms with Crippen molar-refractivity contribution < 1.29 is 9.18 Å². The average molecular weight is 565 g/mol. The molecule has 2 aliphatic heterocycles. The van der Waals surface area contributed by atoms with Crippen LogP contribution in [-0.4, -0.2) is 62.6 Å². The number of hydrogen-bond donors (Lipinski definition) is 2. The number of urea groups is 1. The molecule has 3 fully saturated rings. The number of benzene rings is 2. The first-order valence-corrected chi connectivity index (χ1v) is 14.7. The monoisotopic (exact) mass is 564 g/mol. The predicted molar refractivity (Wildman–Crippen MR) is 158 cm³/mol. The van der Waals surface area contributed by atoms with E-state index in [1.54, 1.807) is 12.3 Å². The molecule has 2 saturated heterocycles. The van der Waals surface area contributed by atoms with Crippen LogP contribution in [0.1, 0.15) is 55.1 Å². The summed E-state index contributed by atoms with van der Waals surface area (Å²) in [5.41, 5.74) is 11.0. The fourth-order valence-electron chi connectivity index (χ4n) is 6.47. The van der Waals surface area contributed by atoms with Gasteiger partial charge in [0.05, 0.1) is 11.1 Å². The second-order valence-corrected chi connectivity index (χ2v) is 11.7. The summed E-state index contributed by atoms with van der Waals surface area (Å²) in [6.45, 7) is 2.73. The van der Waals surface area contributed by atoms with Gasteiger partial charge in [-0.2, -0.15) is 5.26 Å². The minimum absolute atomic E-state index is 0.0848. The third-order valence-corrected chi connectivity index (χ3v) is 8.98. The molecule has 10 heteroatoms. The lowest BCUT2D eigenvalue weighted by molar-refractivity contribution is 0.146. The lowest BCUT2D eigenvalue weighted by Gasteiger charge is -2.34. The van der Waals surface area contributed by atoms with Gasteiger partial charge in [-0.1, -0.05) is 12.1 Å². The number of pyridine rings is 1. The molecule has 2 amide bonds. The second-order valence-electron chi connectivity index (χ2n) is 11.7. The number of imidazole rings is 1. The number of aromatic nitrogens is 3. The van der Waals surface area contributed by atoms with Gasteiger partial charge in [0.25, 0.3) is 0 Å². The van der Waals surface area contributed by atoms with Crippen LogP contribution in [0.5, 0.6) is 0 Å². The minimum atomic E-state index is -0.324. The number of nitrogens with two attached hydrogens (primary N) is 1. The Morgan fingerprint density at radius 2 is 1.74 bits per heavy atom. The Bertz CT molecular complexity index is 1680.